The third-order valence-electron chi connectivity index (χ3n) is 2.03. The molecule has 1 aliphatic rings. The minimum absolute atomic E-state index is 0.0592. The van der Waals surface area contributed by atoms with Crippen molar-refractivity contribution in [3.8, 4) is 0 Å². The van der Waals surface area contributed by atoms with Crippen LogP contribution in [0.25, 0.3) is 11.1 Å². The highest BCUT2D eigenvalue weighted by atomic mass is 16.6. The maximum atomic E-state index is 11.1. The van der Waals surface area contributed by atoms with Gasteiger partial charge in [-0.05, 0) is 6.07 Å². The maximum Gasteiger partial charge on any atom is 0.365 e. The van der Waals surface area contributed by atoms with Gasteiger partial charge < -0.3 is 9.15 Å². The molecule has 0 aromatic carbocycles. The minimum Gasteiger partial charge on any atom is -0.463 e. The molecule has 0 N–H and O–H groups in total. The number of hydrogen-bond acceptors (Lipinski definition) is 5. The van der Waals surface area contributed by atoms with Gasteiger partial charge in [0.2, 0.25) is 0 Å². The Balaban J connectivity index is 2.43. The van der Waals surface area contributed by atoms with E-state index in [9.17, 15) is 9.59 Å². The van der Waals surface area contributed by atoms with Crippen molar-refractivity contribution in [1.29, 1.82) is 0 Å². The standard InChI is InChI=1S/C9H3NO4/c11-8-4-3-6-5(1-2-13-6)10-7(4)9(12)14-8/h1-3H. The molecule has 0 atom stereocenters. The van der Waals surface area contributed by atoms with Crippen LogP contribution in [0.5, 0.6) is 0 Å². The number of fused-ring (bicyclic) bond motifs is 2. The van der Waals surface area contributed by atoms with Gasteiger partial charge >= 0.3 is 11.9 Å². The Morgan fingerprint density at radius 3 is 2.93 bits per heavy atom. The Morgan fingerprint density at radius 1 is 1.21 bits per heavy atom. The third-order valence-corrected chi connectivity index (χ3v) is 2.03. The van der Waals surface area contributed by atoms with Gasteiger partial charge in [0.1, 0.15) is 5.52 Å². The Hall–Kier alpha value is -2.17. The molecule has 0 saturated heterocycles. The lowest BCUT2D eigenvalue weighted by atomic mass is 10.2. The summed E-state index contributed by atoms with van der Waals surface area (Å²) in [5, 5.41) is 0. The fourth-order valence-corrected chi connectivity index (χ4v) is 1.39. The topological polar surface area (TPSA) is 69.4 Å². The molecule has 2 aromatic heterocycles. The van der Waals surface area contributed by atoms with E-state index >= 15 is 0 Å². The Labute approximate surface area is 77.3 Å². The normalized spacial score (nSPS) is 14.6. The molecule has 0 aliphatic carbocycles. The number of pyridine rings is 1. The average Bonchev–Trinajstić information content (AvgIpc) is 2.70. The second-order valence-corrected chi connectivity index (χ2v) is 2.87. The smallest absolute Gasteiger partial charge is 0.365 e. The van der Waals surface area contributed by atoms with E-state index in [0.717, 1.165) is 0 Å². The molecule has 0 unspecified atom stereocenters. The zero-order valence-electron chi connectivity index (χ0n) is 6.81. The summed E-state index contributed by atoms with van der Waals surface area (Å²) in [6.45, 7) is 0. The number of hydrogen-bond donors (Lipinski definition) is 0. The highest BCUT2D eigenvalue weighted by Gasteiger charge is 2.32. The van der Waals surface area contributed by atoms with Crippen molar-refractivity contribution in [3.05, 3.63) is 29.7 Å². The molecule has 5 heteroatoms. The fraction of sp³-hybridized carbons (Fsp3) is 0. The molecule has 0 fully saturated rings. The lowest BCUT2D eigenvalue weighted by molar-refractivity contribution is 0.0441. The van der Waals surface area contributed by atoms with E-state index in [1.54, 1.807) is 6.07 Å². The second-order valence-electron chi connectivity index (χ2n) is 2.87. The van der Waals surface area contributed by atoms with Crippen LogP contribution in [0.15, 0.2) is 22.8 Å². The van der Waals surface area contributed by atoms with E-state index in [0.29, 0.717) is 11.1 Å². The number of furan rings is 1. The number of carbonyl (C=O) groups is 2. The van der Waals surface area contributed by atoms with Gasteiger partial charge in [0, 0.05) is 6.07 Å². The highest BCUT2D eigenvalue weighted by Crippen LogP contribution is 2.23. The molecular formula is C9H3NO4. The van der Waals surface area contributed by atoms with Gasteiger partial charge in [0.05, 0.1) is 11.8 Å². The molecule has 0 saturated carbocycles. The first-order valence-electron chi connectivity index (χ1n) is 3.90. The summed E-state index contributed by atoms with van der Waals surface area (Å²) in [5.41, 5.74) is 1.23. The van der Waals surface area contributed by atoms with Gasteiger partial charge in [-0.25, -0.2) is 14.6 Å². The van der Waals surface area contributed by atoms with Gasteiger partial charge in [-0.3, -0.25) is 0 Å². The van der Waals surface area contributed by atoms with Crippen molar-refractivity contribution >= 4 is 23.0 Å². The van der Waals surface area contributed by atoms with E-state index in [1.165, 1.54) is 12.3 Å². The lowest BCUT2D eigenvalue weighted by Crippen LogP contribution is -1.97. The summed E-state index contributed by atoms with van der Waals surface area (Å²) >= 11 is 0. The summed E-state index contributed by atoms with van der Waals surface area (Å²) in [4.78, 5) is 26.2. The highest BCUT2D eigenvalue weighted by molar-refractivity contribution is 6.14. The summed E-state index contributed by atoms with van der Waals surface area (Å²) in [6.07, 6.45) is 1.45. The first-order chi connectivity index (χ1) is 6.75. The average molecular weight is 189 g/mol. The van der Waals surface area contributed by atoms with Crippen LogP contribution in [0.3, 0.4) is 0 Å². The van der Waals surface area contributed by atoms with E-state index in [2.05, 4.69) is 9.72 Å². The Morgan fingerprint density at radius 2 is 2.07 bits per heavy atom. The van der Waals surface area contributed by atoms with Crippen LogP contribution in [-0.2, 0) is 4.74 Å². The molecule has 0 radical (unpaired) electrons. The molecule has 1 aliphatic heterocycles. The molecule has 0 amide bonds. The zero-order chi connectivity index (χ0) is 9.71. The largest absolute Gasteiger partial charge is 0.463 e. The fourth-order valence-electron chi connectivity index (χ4n) is 1.39. The van der Waals surface area contributed by atoms with Crippen molar-refractivity contribution in [2.75, 3.05) is 0 Å². The monoisotopic (exact) mass is 189 g/mol. The number of rotatable bonds is 0. The summed E-state index contributed by atoms with van der Waals surface area (Å²) in [6, 6.07) is 3.08. The van der Waals surface area contributed by atoms with E-state index in [4.69, 9.17) is 4.42 Å². The number of esters is 2. The van der Waals surface area contributed by atoms with Crippen molar-refractivity contribution in [2.24, 2.45) is 0 Å². The predicted molar refractivity (Wildman–Crippen MR) is 43.8 cm³/mol. The van der Waals surface area contributed by atoms with Crippen LogP contribution in [0.4, 0.5) is 0 Å². The van der Waals surface area contributed by atoms with Gasteiger partial charge in [-0.1, -0.05) is 0 Å². The van der Waals surface area contributed by atoms with Gasteiger partial charge in [0.15, 0.2) is 11.3 Å². The summed E-state index contributed by atoms with van der Waals surface area (Å²) < 4.78 is 9.44. The number of cyclic esters (lactones) is 2. The van der Waals surface area contributed by atoms with Crippen molar-refractivity contribution in [2.45, 2.75) is 0 Å². The van der Waals surface area contributed by atoms with E-state index < -0.39 is 11.9 Å². The molecule has 68 valence electrons. The molecule has 0 bridgehead atoms. The third kappa shape index (κ3) is 0.756. The van der Waals surface area contributed by atoms with Crippen molar-refractivity contribution in [3.63, 3.8) is 0 Å². The second kappa shape index (κ2) is 2.20. The first kappa shape index (κ1) is 7.25. The first-order valence-corrected chi connectivity index (χ1v) is 3.90. The molecule has 3 rings (SSSR count). The minimum atomic E-state index is -0.701. The zero-order valence-corrected chi connectivity index (χ0v) is 6.81. The molecule has 5 nitrogen and oxygen atoms in total. The van der Waals surface area contributed by atoms with Crippen molar-refractivity contribution < 1.29 is 18.7 Å². The van der Waals surface area contributed by atoms with Gasteiger partial charge in [-0.2, -0.15) is 0 Å². The van der Waals surface area contributed by atoms with E-state index in [1.807, 2.05) is 0 Å². The summed E-state index contributed by atoms with van der Waals surface area (Å²) in [7, 11) is 0. The number of carbonyl (C=O) groups excluding carboxylic acids is 2. The molecule has 3 heterocycles. The van der Waals surface area contributed by atoms with Gasteiger partial charge in [-0.15, -0.1) is 0 Å². The van der Waals surface area contributed by atoms with Crippen LogP contribution in [0.2, 0.25) is 0 Å². The maximum absolute atomic E-state index is 11.1. The SMILES string of the molecule is O=C1OC(=O)c2nc3ccoc3cc21. The summed E-state index contributed by atoms with van der Waals surface area (Å²) in [5.74, 6) is -1.37. The van der Waals surface area contributed by atoms with E-state index in [-0.39, 0.29) is 11.3 Å². The molecule has 0 spiro atoms. The molecular weight excluding hydrogens is 186 g/mol. The quantitative estimate of drug-likeness (QED) is 0.459. The van der Waals surface area contributed by atoms with Crippen LogP contribution >= 0.6 is 0 Å². The van der Waals surface area contributed by atoms with Crippen LogP contribution in [0.1, 0.15) is 20.8 Å². The van der Waals surface area contributed by atoms with Gasteiger partial charge in [0.25, 0.3) is 0 Å². The number of ether oxygens (including phenoxy) is 1. The van der Waals surface area contributed by atoms with Crippen LogP contribution in [-0.4, -0.2) is 16.9 Å². The van der Waals surface area contributed by atoms with Crippen LogP contribution < -0.4 is 0 Å². The van der Waals surface area contributed by atoms with Crippen LogP contribution in [0, 0.1) is 0 Å². The van der Waals surface area contributed by atoms with Crippen molar-refractivity contribution in [1.82, 2.24) is 4.98 Å². The number of aromatic nitrogens is 1. The molecule has 14 heavy (non-hydrogen) atoms. The Kier molecular flexibility index (Phi) is 1.14. The predicted octanol–water partition coefficient (Wildman–Crippen LogP) is 1.14. The Bertz CT molecular complexity index is 521. The molecule has 2 aromatic rings. The lowest BCUT2D eigenvalue weighted by Gasteiger charge is -1.90. The number of nitrogens with zero attached hydrogens (tertiary/aromatic N) is 1.